The maximum atomic E-state index is 13.0. The number of hydrogen-bond acceptors (Lipinski definition) is 6. The molecule has 6 heteroatoms. The van der Waals surface area contributed by atoms with E-state index in [1.54, 1.807) is 67.8 Å². The Bertz CT molecular complexity index is 1710. The van der Waals surface area contributed by atoms with Gasteiger partial charge in [0.05, 0.1) is 18.2 Å². The third-order valence-corrected chi connectivity index (χ3v) is 7.13. The first-order chi connectivity index (χ1) is 19.7. The Morgan fingerprint density at radius 1 is 1.02 bits per heavy atom. The van der Waals surface area contributed by atoms with Crippen LogP contribution >= 0.6 is 0 Å². The third kappa shape index (κ3) is 6.02. The highest BCUT2D eigenvalue weighted by molar-refractivity contribution is 6.10. The fourth-order valence-electron chi connectivity index (χ4n) is 4.79. The fourth-order valence-corrected chi connectivity index (χ4v) is 4.79. The summed E-state index contributed by atoms with van der Waals surface area (Å²) < 4.78 is 17.1. The predicted octanol–water partition coefficient (Wildman–Crippen LogP) is 8.18. The molecule has 1 aliphatic rings. The molecule has 0 saturated heterocycles. The maximum absolute atomic E-state index is 13.0. The van der Waals surface area contributed by atoms with Crippen molar-refractivity contribution in [1.82, 2.24) is 0 Å². The first kappa shape index (κ1) is 27.7. The van der Waals surface area contributed by atoms with Crippen molar-refractivity contribution < 1.29 is 28.6 Å². The zero-order valence-corrected chi connectivity index (χ0v) is 23.6. The van der Waals surface area contributed by atoms with Crippen LogP contribution in [0.15, 0.2) is 88.9 Å². The molecule has 0 aliphatic carbocycles. The molecule has 0 amide bonds. The summed E-state index contributed by atoms with van der Waals surface area (Å²) in [7, 11) is 1.57. The number of hydrogen-bond donors (Lipinski definition) is 1. The number of furan rings is 1. The van der Waals surface area contributed by atoms with Gasteiger partial charge in [0.15, 0.2) is 11.5 Å². The first-order valence-corrected chi connectivity index (χ1v) is 13.5. The Morgan fingerprint density at radius 2 is 1.80 bits per heavy atom. The molecule has 208 valence electrons. The van der Waals surface area contributed by atoms with Gasteiger partial charge in [-0.05, 0) is 112 Å². The Morgan fingerprint density at radius 3 is 2.54 bits per heavy atom. The minimum absolute atomic E-state index is 0.105. The number of phenolic OH excluding ortho intramolecular Hbond substituents is 1. The molecule has 1 aliphatic heterocycles. The molecule has 1 atom stereocenters. The van der Waals surface area contributed by atoms with Crippen LogP contribution in [-0.2, 0) is 0 Å². The number of methoxy groups -OCH3 is 1. The highest BCUT2D eigenvalue weighted by Crippen LogP contribution is 2.40. The molecule has 1 N–H and O–H groups in total. The van der Waals surface area contributed by atoms with Crippen LogP contribution in [-0.4, -0.2) is 29.4 Å². The second-order valence-electron chi connectivity index (χ2n) is 10.6. The van der Waals surface area contributed by atoms with Crippen LogP contribution in [0.25, 0.3) is 23.1 Å². The van der Waals surface area contributed by atoms with Crippen LogP contribution < -0.4 is 9.47 Å². The molecule has 0 saturated carbocycles. The number of aromatic hydroxyl groups is 1. The number of ether oxygens (including phenoxy) is 2. The van der Waals surface area contributed by atoms with Crippen molar-refractivity contribution in [3.8, 4) is 17.2 Å². The fraction of sp³-hybridized carbons (Fsp3) is 0.200. The normalized spacial score (nSPS) is 15.9. The Balaban J connectivity index is 1.31. The number of benzene rings is 3. The van der Waals surface area contributed by atoms with E-state index in [0.717, 1.165) is 23.8 Å². The van der Waals surface area contributed by atoms with Gasteiger partial charge in [0.2, 0.25) is 5.78 Å². The van der Waals surface area contributed by atoms with Crippen LogP contribution in [0.3, 0.4) is 0 Å². The summed E-state index contributed by atoms with van der Waals surface area (Å²) in [6.07, 6.45) is 10.7. The molecule has 0 spiro atoms. The van der Waals surface area contributed by atoms with Gasteiger partial charge >= 0.3 is 0 Å². The minimum Gasteiger partial charge on any atom is -0.506 e. The summed E-state index contributed by atoms with van der Waals surface area (Å²) in [5, 5.41) is 11.6. The van der Waals surface area contributed by atoms with Crippen molar-refractivity contribution in [2.24, 2.45) is 0 Å². The van der Waals surface area contributed by atoms with Crippen LogP contribution in [0.2, 0.25) is 0 Å². The van der Waals surface area contributed by atoms with Gasteiger partial charge in [0, 0.05) is 10.9 Å². The van der Waals surface area contributed by atoms with E-state index in [2.05, 4.69) is 19.9 Å². The van der Waals surface area contributed by atoms with Crippen molar-refractivity contribution in [1.29, 1.82) is 0 Å². The van der Waals surface area contributed by atoms with Gasteiger partial charge in [-0.25, -0.2) is 0 Å². The average Bonchev–Trinajstić information content (AvgIpc) is 3.39. The number of phenols is 1. The van der Waals surface area contributed by atoms with Crippen LogP contribution in [0.4, 0.5) is 0 Å². The molecule has 3 aromatic carbocycles. The molecule has 1 aromatic heterocycles. The van der Waals surface area contributed by atoms with Gasteiger partial charge < -0.3 is 19.0 Å². The van der Waals surface area contributed by atoms with Gasteiger partial charge in [0.25, 0.3) is 0 Å². The van der Waals surface area contributed by atoms with Crippen LogP contribution in [0.1, 0.15) is 71.2 Å². The molecule has 5 rings (SSSR count). The lowest BCUT2D eigenvalue weighted by molar-refractivity contribution is 0.101. The molecular weight excluding hydrogens is 516 g/mol. The van der Waals surface area contributed by atoms with E-state index in [1.165, 1.54) is 11.6 Å². The largest absolute Gasteiger partial charge is 0.506 e. The second kappa shape index (κ2) is 11.3. The summed E-state index contributed by atoms with van der Waals surface area (Å²) in [5.41, 5.74) is 3.28. The van der Waals surface area contributed by atoms with E-state index in [1.807, 2.05) is 25.1 Å². The molecule has 6 nitrogen and oxygen atoms in total. The van der Waals surface area contributed by atoms with E-state index in [0.29, 0.717) is 28.2 Å². The maximum Gasteiger partial charge on any atom is 0.228 e. The van der Waals surface area contributed by atoms with Crippen LogP contribution in [0, 0.1) is 0 Å². The lowest BCUT2D eigenvalue weighted by Crippen LogP contribution is -2.31. The van der Waals surface area contributed by atoms with E-state index >= 15 is 0 Å². The monoisotopic (exact) mass is 548 g/mol. The molecule has 41 heavy (non-hydrogen) atoms. The Kier molecular flexibility index (Phi) is 7.66. The van der Waals surface area contributed by atoms with Gasteiger partial charge in [-0.3, -0.25) is 9.59 Å². The van der Waals surface area contributed by atoms with Crippen molar-refractivity contribution in [2.75, 3.05) is 7.11 Å². The summed E-state index contributed by atoms with van der Waals surface area (Å²) in [5.74, 6) is 0.773. The molecule has 4 aromatic rings. The second-order valence-corrected chi connectivity index (χ2v) is 10.6. The quantitative estimate of drug-likeness (QED) is 0.129. The van der Waals surface area contributed by atoms with Gasteiger partial charge in [-0.15, -0.1) is 0 Å². The summed E-state index contributed by atoms with van der Waals surface area (Å²) in [6, 6.07) is 17.3. The Labute approximate surface area is 239 Å². The number of ketones is 2. The molecule has 0 radical (unpaired) electrons. The zero-order valence-electron chi connectivity index (χ0n) is 23.6. The van der Waals surface area contributed by atoms with E-state index in [9.17, 15) is 14.7 Å². The highest BCUT2D eigenvalue weighted by Gasteiger charge is 2.29. The summed E-state index contributed by atoms with van der Waals surface area (Å²) in [4.78, 5) is 25.9. The number of rotatable bonds is 9. The highest BCUT2D eigenvalue weighted by atomic mass is 16.5. The lowest BCUT2D eigenvalue weighted by Gasteiger charge is -2.32. The number of carbonyl (C=O) groups excluding carboxylic acids is 2. The number of carbonyl (C=O) groups is 2. The van der Waals surface area contributed by atoms with Gasteiger partial charge in [0.1, 0.15) is 28.4 Å². The molecule has 1 unspecified atom stereocenters. The SMILES string of the molecule is COc1ccc(C(=O)c2cc3cc(/C=C/C(=O)c4ccc5c(c4O)C=CC(C)(CCC=C(C)C)O5)ccc3o2)cc1. The standard InChI is InChI=1S/C35H32O6/c1-22(2)6-5-18-35(3)19-17-28-31(41-35)16-13-27(34(28)38)29(36)14-7-23-8-15-30-25(20-23)21-32(40-30)33(37)24-9-11-26(39-4)12-10-24/h6-17,19-21,38H,5,18H2,1-4H3/b14-7+. The number of fused-ring (bicyclic) bond motifs is 2. The van der Waals surface area contributed by atoms with Crippen molar-refractivity contribution >= 4 is 34.7 Å². The van der Waals surface area contributed by atoms with E-state index in [4.69, 9.17) is 13.9 Å². The lowest BCUT2D eigenvalue weighted by atomic mass is 9.93. The molecular formula is C35H32O6. The predicted molar refractivity (Wildman–Crippen MR) is 161 cm³/mol. The third-order valence-electron chi connectivity index (χ3n) is 7.13. The summed E-state index contributed by atoms with van der Waals surface area (Å²) >= 11 is 0. The van der Waals surface area contributed by atoms with E-state index < -0.39 is 5.60 Å². The number of allylic oxidation sites excluding steroid dienone is 3. The molecule has 2 heterocycles. The Hall–Kier alpha value is -4.84. The summed E-state index contributed by atoms with van der Waals surface area (Å²) in [6.45, 7) is 6.15. The van der Waals surface area contributed by atoms with Crippen molar-refractivity contribution in [3.63, 3.8) is 0 Å². The topological polar surface area (TPSA) is 86.0 Å². The van der Waals surface area contributed by atoms with Crippen molar-refractivity contribution in [2.45, 2.75) is 39.2 Å². The van der Waals surface area contributed by atoms with Gasteiger partial charge in [-0.2, -0.15) is 0 Å². The average molecular weight is 549 g/mol. The smallest absolute Gasteiger partial charge is 0.228 e. The van der Waals surface area contributed by atoms with Crippen LogP contribution in [0.5, 0.6) is 17.2 Å². The van der Waals surface area contributed by atoms with Gasteiger partial charge in [-0.1, -0.05) is 23.8 Å². The molecule has 0 fully saturated rings. The zero-order chi connectivity index (χ0) is 29.1. The van der Waals surface area contributed by atoms with Crippen molar-refractivity contribution in [3.05, 3.63) is 112 Å². The first-order valence-electron chi connectivity index (χ1n) is 13.5. The minimum atomic E-state index is -0.484. The van der Waals surface area contributed by atoms with E-state index in [-0.39, 0.29) is 28.6 Å². The molecule has 0 bridgehead atoms.